The molecule has 6 heteroatoms. The number of hydrogen-bond acceptors (Lipinski definition) is 5. The lowest BCUT2D eigenvalue weighted by Crippen LogP contribution is -2.52. The van der Waals surface area contributed by atoms with Crippen LogP contribution in [0.5, 0.6) is 11.5 Å². The van der Waals surface area contributed by atoms with E-state index in [1.54, 1.807) is 7.11 Å². The van der Waals surface area contributed by atoms with E-state index < -0.39 is 13.9 Å². The largest absolute Gasteiger partial charge is 0.497 e. The Morgan fingerprint density at radius 3 is 2.23 bits per heavy atom. The predicted octanol–water partition coefficient (Wildman–Crippen LogP) is 5.16. The zero-order chi connectivity index (χ0) is 21.8. The highest BCUT2D eigenvalue weighted by atomic mass is 28.4. The summed E-state index contributed by atoms with van der Waals surface area (Å²) in [6, 6.07) is 10.7. The number of benzene rings is 1. The Balaban J connectivity index is 1.66. The van der Waals surface area contributed by atoms with Crippen LogP contribution in [0.2, 0.25) is 18.1 Å². The van der Waals surface area contributed by atoms with Crippen LogP contribution in [0.4, 0.5) is 0 Å². The predicted molar refractivity (Wildman–Crippen MR) is 121 cm³/mol. The molecule has 0 spiro atoms. The van der Waals surface area contributed by atoms with Crippen LogP contribution in [-0.4, -0.2) is 45.6 Å². The van der Waals surface area contributed by atoms with E-state index in [1.807, 2.05) is 24.3 Å². The number of ether oxygens (including phenoxy) is 3. The third kappa shape index (κ3) is 4.33. The summed E-state index contributed by atoms with van der Waals surface area (Å²) < 4.78 is 23.9. The fraction of sp³-hybridized carbons (Fsp3) is 0.667. The zero-order valence-corrected chi connectivity index (χ0v) is 20.0. The number of methoxy groups -OCH3 is 1. The molecule has 1 aromatic rings. The molecule has 1 N–H and O–H groups in total. The third-order valence-corrected chi connectivity index (χ3v) is 12.1. The van der Waals surface area contributed by atoms with Crippen molar-refractivity contribution in [3.8, 4) is 11.5 Å². The molecule has 5 nitrogen and oxygen atoms in total. The van der Waals surface area contributed by atoms with Crippen molar-refractivity contribution in [3.05, 3.63) is 36.4 Å². The lowest BCUT2D eigenvalue weighted by molar-refractivity contribution is -0.0143. The van der Waals surface area contributed by atoms with E-state index in [4.69, 9.17) is 18.6 Å². The second-order valence-electron chi connectivity index (χ2n) is 8.71. The summed E-state index contributed by atoms with van der Waals surface area (Å²) in [6.45, 7) is 11.7. The number of aliphatic hydroxyl groups excluding tert-OH is 1. The normalized spacial score (nSPS) is 28.0. The second kappa shape index (κ2) is 9.85. The van der Waals surface area contributed by atoms with E-state index in [2.05, 4.69) is 27.4 Å². The number of aliphatic hydroxyl groups is 1. The molecule has 0 aliphatic heterocycles. The van der Waals surface area contributed by atoms with Crippen LogP contribution in [-0.2, 0) is 9.16 Å². The summed E-state index contributed by atoms with van der Waals surface area (Å²) in [7, 11) is -0.229. The van der Waals surface area contributed by atoms with Crippen LogP contribution < -0.4 is 9.47 Å². The molecule has 1 unspecified atom stereocenters. The molecule has 0 aromatic heterocycles. The van der Waals surface area contributed by atoms with Crippen molar-refractivity contribution in [3.63, 3.8) is 0 Å². The quantitative estimate of drug-likeness (QED) is 0.213. The first kappa shape index (κ1) is 23.3. The van der Waals surface area contributed by atoms with E-state index in [9.17, 15) is 5.11 Å². The Morgan fingerprint density at radius 1 is 1.10 bits per heavy atom. The van der Waals surface area contributed by atoms with Crippen LogP contribution in [0.25, 0.3) is 0 Å². The highest BCUT2D eigenvalue weighted by Crippen LogP contribution is 2.58. The fourth-order valence-corrected chi connectivity index (χ4v) is 8.62. The summed E-state index contributed by atoms with van der Waals surface area (Å²) in [5.74, 6) is 2.00. The topological polar surface area (TPSA) is 57.2 Å². The second-order valence-corrected chi connectivity index (χ2v) is 13.4. The highest BCUT2D eigenvalue weighted by Gasteiger charge is 2.62. The minimum atomic E-state index is -1.87. The molecular formula is C24H38O5Si. The molecule has 2 aliphatic rings. The molecule has 2 bridgehead atoms. The van der Waals surface area contributed by atoms with Crippen LogP contribution in [0, 0.1) is 11.8 Å². The Labute approximate surface area is 182 Å². The Bertz CT molecular complexity index is 694. The highest BCUT2D eigenvalue weighted by molar-refractivity contribution is 6.73. The van der Waals surface area contributed by atoms with Crippen LogP contribution in [0.1, 0.15) is 40.0 Å². The van der Waals surface area contributed by atoms with Gasteiger partial charge in [0, 0.05) is 5.92 Å². The van der Waals surface area contributed by atoms with Gasteiger partial charge in [0.1, 0.15) is 11.5 Å². The first-order valence-corrected chi connectivity index (χ1v) is 13.9. The van der Waals surface area contributed by atoms with Gasteiger partial charge < -0.3 is 23.7 Å². The first-order valence-electron chi connectivity index (χ1n) is 11.4. The molecular weight excluding hydrogens is 396 g/mol. The number of hydrogen-bond donors (Lipinski definition) is 1. The average Bonchev–Trinajstić information content (AvgIpc) is 3.26. The van der Waals surface area contributed by atoms with Gasteiger partial charge in [0.2, 0.25) is 0 Å². The van der Waals surface area contributed by atoms with Gasteiger partial charge in [-0.2, -0.15) is 0 Å². The molecule has 2 saturated carbocycles. The maximum absolute atomic E-state index is 10.7. The zero-order valence-electron chi connectivity index (χ0n) is 19.0. The maximum atomic E-state index is 10.7. The molecule has 0 saturated heterocycles. The van der Waals surface area contributed by atoms with Crippen molar-refractivity contribution in [2.75, 3.05) is 20.5 Å². The van der Waals surface area contributed by atoms with Gasteiger partial charge >= 0.3 is 0 Å². The molecule has 3 rings (SSSR count). The fourth-order valence-electron chi connectivity index (χ4n) is 5.51. The minimum absolute atomic E-state index is 0.137. The smallest absolute Gasteiger partial charge is 0.193 e. The number of fused-ring (bicyclic) bond motifs is 2. The molecule has 1 aromatic carbocycles. The molecule has 168 valence electrons. The Morgan fingerprint density at radius 2 is 1.73 bits per heavy atom. The van der Waals surface area contributed by atoms with Gasteiger partial charge in [-0.15, -0.1) is 0 Å². The van der Waals surface area contributed by atoms with Gasteiger partial charge in [0.25, 0.3) is 0 Å². The standard InChI is InChI=1S/C24H38O5Si/c1-6-30(7-2,8-3)29-24(19-9-14-22(24)23(25)15-19)18(4)16-27-17-28-21-12-10-20(26-5)11-13-21/h10-13,19,22-23,25H,4,6-9,14-17H2,1-3,5H3/t19-,22+,23+,24?/m1/s1. The van der Waals surface area contributed by atoms with E-state index in [-0.39, 0.29) is 18.8 Å². The third-order valence-electron chi connectivity index (χ3n) is 7.49. The molecule has 4 atom stereocenters. The lowest BCUT2D eigenvalue weighted by atomic mass is 9.84. The average molecular weight is 435 g/mol. The van der Waals surface area contributed by atoms with E-state index in [0.29, 0.717) is 12.5 Å². The van der Waals surface area contributed by atoms with Gasteiger partial charge in [-0.25, -0.2) is 0 Å². The molecule has 2 fully saturated rings. The molecule has 0 radical (unpaired) electrons. The van der Waals surface area contributed by atoms with Crippen LogP contribution in [0.3, 0.4) is 0 Å². The van der Waals surface area contributed by atoms with Crippen molar-refractivity contribution in [1.82, 2.24) is 0 Å². The van der Waals surface area contributed by atoms with Crippen LogP contribution >= 0.6 is 0 Å². The lowest BCUT2D eigenvalue weighted by Gasteiger charge is -2.45. The molecule has 2 aliphatic carbocycles. The van der Waals surface area contributed by atoms with Gasteiger partial charge in [-0.1, -0.05) is 27.4 Å². The van der Waals surface area contributed by atoms with Gasteiger partial charge in [0.05, 0.1) is 25.4 Å². The van der Waals surface area contributed by atoms with E-state index in [0.717, 1.165) is 54.5 Å². The van der Waals surface area contributed by atoms with Crippen LogP contribution in [0.15, 0.2) is 36.4 Å². The molecule has 0 amide bonds. The molecule has 30 heavy (non-hydrogen) atoms. The minimum Gasteiger partial charge on any atom is -0.497 e. The van der Waals surface area contributed by atoms with E-state index >= 15 is 0 Å². The van der Waals surface area contributed by atoms with Gasteiger partial charge in [-0.05, 0) is 73.2 Å². The SMILES string of the molecule is C=C(COCOc1ccc(OC)cc1)C1(O[Si](CC)(CC)CC)[C@@H]2CC[C@H]1[C@@H](O)C2. The monoisotopic (exact) mass is 434 g/mol. The van der Waals surface area contributed by atoms with Gasteiger partial charge in [-0.3, -0.25) is 0 Å². The Kier molecular flexibility index (Phi) is 7.66. The Hall–Kier alpha value is -1.34. The maximum Gasteiger partial charge on any atom is 0.193 e. The van der Waals surface area contributed by atoms with Crippen molar-refractivity contribution in [1.29, 1.82) is 0 Å². The number of rotatable bonds is 12. The summed E-state index contributed by atoms with van der Waals surface area (Å²) in [5, 5.41) is 10.7. The van der Waals surface area contributed by atoms with E-state index in [1.165, 1.54) is 0 Å². The van der Waals surface area contributed by atoms with Crippen molar-refractivity contribution in [2.24, 2.45) is 11.8 Å². The summed E-state index contributed by atoms with van der Waals surface area (Å²) in [5.41, 5.74) is 0.533. The summed E-state index contributed by atoms with van der Waals surface area (Å²) >= 11 is 0. The first-order chi connectivity index (χ1) is 14.4. The summed E-state index contributed by atoms with van der Waals surface area (Å²) in [6.07, 6.45) is 2.63. The van der Waals surface area contributed by atoms with Crippen molar-refractivity contribution in [2.45, 2.75) is 69.9 Å². The molecule has 0 heterocycles. The summed E-state index contributed by atoms with van der Waals surface area (Å²) in [4.78, 5) is 0. The van der Waals surface area contributed by atoms with Crippen molar-refractivity contribution < 1.29 is 23.7 Å². The van der Waals surface area contributed by atoms with Crippen molar-refractivity contribution >= 4 is 8.32 Å². The van der Waals surface area contributed by atoms with Gasteiger partial charge in [0.15, 0.2) is 15.1 Å².